The molecule has 114 valence electrons. The minimum absolute atomic E-state index is 0.0920. The molecule has 0 bridgehead atoms. The summed E-state index contributed by atoms with van der Waals surface area (Å²) in [5.74, 6) is 0. The van der Waals surface area contributed by atoms with E-state index in [9.17, 15) is 4.79 Å². The molecule has 1 aromatic heterocycles. The van der Waals surface area contributed by atoms with Gasteiger partial charge in [0.1, 0.15) is 0 Å². The number of likely N-dealkylation sites (N-methyl/N-ethyl adjacent to an activating group) is 1. The fourth-order valence-electron chi connectivity index (χ4n) is 2.85. The van der Waals surface area contributed by atoms with Crippen molar-refractivity contribution >= 4 is 17.4 Å². The van der Waals surface area contributed by atoms with Gasteiger partial charge in [-0.3, -0.25) is 4.98 Å². The highest BCUT2D eigenvalue weighted by Gasteiger charge is 2.26. The van der Waals surface area contributed by atoms with Crippen LogP contribution in [0.3, 0.4) is 0 Å². The summed E-state index contributed by atoms with van der Waals surface area (Å²) in [7, 11) is 2.07. The summed E-state index contributed by atoms with van der Waals surface area (Å²) in [5.41, 5.74) is 3.06. The molecule has 22 heavy (non-hydrogen) atoms. The SMILES string of the molecule is CC1CN(C)c2ccccc2CN1C(=O)Nc1cccnc1. The van der Waals surface area contributed by atoms with E-state index in [0.717, 1.165) is 12.1 Å². The van der Waals surface area contributed by atoms with E-state index in [4.69, 9.17) is 0 Å². The molecule has 1 aromatic carbocycles. The van der Waals surface area contributed by atoms with Gasteiger partial charge < -0.3 is 15.1 Å². The molecule has 1 aliphatic rings. The van der Waals surface area contributed by atoms with Crippen molar-refractivity contribution in [2.45, 2.75) is 19.5 Å². The van der Waals surface area contributed by atoms with Gasteiger partial charge in [-0.2, -0.15) is 0 Å². The summed E-state index contributed by atoms with van der Waals surface area (Å²) >= 11 is 0. The number of nitrogens with one attached hydrogen (secondary N) is 1. The maximum atomic E-state index is 12.6. The Bertz CT molecular complexity index is 659. The number of fused-ring (bicyclic) bond motifs is 1. The summed E-state index contributed by atoms with van der Waals surface area (Å²) in [6, 6.07) is 11.9. The van der Waals surface area contributed by atoms with E-state index in [-0.39, 0.29) is 12.1 Å². The maximum absolute atomic E-state index is 12.6. The predicted molar refractivity (Wildman–Crippen MR) is 88.0 cm³/mol. The van der Waals surface area contributed by atoms with Crippen LogP contribution in [0.5, 0.6) is 0 Å². The number of benzene rings is 1. The van der Waals surface area contributed by atoms with Crippen LogP contribution in [0.2, 0.25) is 0 Å². The van der Waals surface area contributed by atoms with Gasteiger partial charge in [-0.05, 0) is 30.7 Å². The monoisotopic (exact) mass is 296 g/mol. The van der Waals surface area contributed by atoms with Gasteiger partial charge in [0, 0.05) is 38.1 Å². The lowest BCUT2D eigenvalue weighted by Crippen LogP contribution is -2.44. The van der Waals surface area contributed by atoms with Crippen molar-refractivity contribution in [3.8, 4) is 0 Å². The Labute approximate surface area is 130 Å². The van der Waals surface area contributed by atoms with Crippen LogP contribution >= 0.6 is 0 Å². The number of hydrogen-bond acceptors (Lipinski definition) is 3. The lowest BCUT2D eigenvalue weighted by Gasteiger charge is -2.28. The molecular formula is C17H20N4O. The Morgan fingerprint density at radius 3 is 2.86 bits per heavy atom. The first kappa shape index (κ1) is 14.4. The number of rotatable bonds is 1. The number of amides is 2. The first-order valence-electron chi connectivity index (χ1n) is 7.42. The topological polar surface area (TPSA) is 48.5 Å². The fourth-order valence-corrected chi connectivity index (χ4v) is 2.85. The third kappa shape index (κ3) is 2.88. The normalized spacial score (nSPS) is 17.6. The van der Waals surface area contributed by atoms with E-state index in [1.807, 2.05) is 29.2 Å². The van der Waals surface area contributed by atoms with Crippen molar-refractivity contribution in [1.29, 1.82) is 0 Å². The Kier molecular flexibility index (Phi) is 3.96. The van der Waals surface area contributed by atoms with Crippen molar-refractivity contribution in [1.82, 2.24) is 9.88 Å². The van der Waals surface area contributed by atoms with Gasteiger partial charge in [-0.1, -0.05) is 18.2 Å². The molecule has 1 aliphatic heterocycles. The molecule has 0 saturated carbocycles. The molecule has 5 nitrogen and oxygen atoms in total. The highest BCUT2D eigenvalue weighted by Crippen LogP contribution is 2.26. The minimum Gasteiger partial charge on any atom is -0.372 e. The number of carbonyl (C=O) groups excluding carboxylic acids is 1. The summed E-state index contributed by atoms with van der Waals surface area (Å²) in [6.45, 7) is 3.48. The van der Waals surface area contributed by atoms with Crippen LogP contribution in [0.1, 0.15) is 12.5 Å². The van der Waals surface area contributed by atoms with Crippen LogP contribution in [0, 0.1) is 0 Å². The van der Waals surface area contributed by atoms with Crippen molar-refractivity contribution in [2.24, 2.45) is 0 Å². The molecule has 2 amide bonds. The number of aromatic nitrogens is 1. The number of hydrogen-bond donors (Lipinski definition) is 1. The van der Waals surface area contributed by atoms with Crippen molar-refractivity contribution in [3.05, 3.63) is 54.4 Å². The second-order valence-electron chi connectivity index (χ2n) is 5.66. The van der Waals surface area contributed by atoms with Crippen LogP contribution in [-0.2, 0) is 6.54 Å². The maximum Gasteiger partial charge on any atom is 0.322 e. The highest BCUT2D eigenvalue weighted by atomic mass is 16.2. The minimum atomic E-state index is -0.0920. The fraction of sp³-hybridized carbons (Fsp3) is 0.294. The first-order chi connectivity index (χ1) is 10.6. The van der Waals surface area contributed by atoms with Gasteiger partial charge >= 0.3 is 6.03 Å². The second-order valence-corrected chi connectivity index (χ2v) is 5.66. The molecule has 1 atom stereocenters. The van der Waals surface area contributed by atoms with Crippen LogP contribution in [-0.4, -0.2) is 35.5 Å². The zero-order valence-electron chi connectivity index (χ0n) is 12.9. The first-order valence-corrected chi connectivity index (χ1v) is 7.42. The van der Waals surface area contributed by atoms with Crippen LogP contribution in [0.25, 0.3) is 0 Å². The second kappa shape index (κ2) is 6.05. The summed E-state index contributed by atoms with van der Waals surface area (Å²) in [4.78, 5) is 20.7. The van der Waals surface area contributed by atoms with Gasteiger partial charge in [-0.15, -0.1) is 0 Å². The van der Waals surface area contributed by atoms with Crippen LogP contribution < -0.4 is 10.2 Å². The largest absolute Gasteiger partial charge is 0.372 e. The molecule has 5 heteroatoms. The van der Waals surface area contributed by atoms with Gasteiger partial charge in [0.15, 0.2) is 0 Å². The van der Waals surface area contributed by atoms with E-state index in [1.165, 1.54) is 5.69 Å². The number of urea groups is 1. The summed E-state index contributed by atoms with van der Waals surface area (Å²) in [5, 5.41) is 2.92. The Hall–Kier alpha value is -2.56. The number of carbonyl (C=O) groups is 1. The van der Waals surface area contributed by atoms with Gasteiger partial charge in [0.25, 0.3) is 0 Å². The quantitative estimate of drug-likeness (QED) is 0.880. The van der Waals surface area contributed by atoms with E-state index < -0.39 is 0 Å². The number of para-hydroxylation sites is 1. The Balaban J connectivity index is 1.82. The molecule has 0 fully saturated rings. The molecule has 1 unspecified atom stereocenters. The smallest absolute Gasteiger partial charge is 0.322 e. The molecule has 0 spiro atoms. The zero-order valence-corrected chi connectivity index (χ0v) is 12.9. The Morgan fingerprint density at radius 1 is 1.27 bits per heavy atom. The lowest BCUT2D eigenvalue weighted by molar-refractivity contribution is 0.192. The molecule has 0 saturated heterocycles. The van der Waals surface area contributed by atoms with Gasteiger partial charge in [0.05, 0.1) is 11.9 Å². The third-order valence-electron chi connectivity index (χ3n) is 3.99. The van der Waals surface area contributed by atoms with Crippen molar-refractivity contribution in [2.75, 3.05) is 23.8 Å². The molecule has 2 aromatic rings. The van der Waals surface area contributed by atoms with Crippen LogP contribution in [0.4, 0.5) is 16.2 Å². The lowest BCUT2D eigenvalue weighted by atomic mass is 10.1. The average Bonchev–Trinajstić information content (AvgIpc) is 2.65. The molecule has 3 rings (SSSR count). The van der Waals surface area contributed by atoms with Crippen molar-refractivity contribution < 1.29 is 4.79 Å². The number of anilines is 2. The average molecular weight is 296 g/mol. The van der Waals surface area contributed by atoms with E-state index in [2.05, 4.69) is 41.3 Å². The van der Waals surface area contributed by atoms with Crippen molar-refractivity contribution in [3.63, 3.8) is 0 Å². The zero-order chi connectivity index (χ0) is 15.5. The standard InChI is InChI=1S/C17H20N4O/c1-13-11-20(2)16-8-4-3-6-14(16)12-21(13)17(22)19-15-7-5-9-18-10-15/h3-10,13H,11-12H2,1-2H3,(H,19,22). The predicted octanol–water partition coefficient (Wildman–Crippen LogP) is 2.95. The van der Waals surface area contributed by atoms with E-state index in [0.29, 0.717) is 12.2 Å². The highest BCUT2D eigenvalue weighted by molar-refractivity contribution is 5.89. The van der Waals surface area contributed by atoms with Crippen LogP contribution in [0.15, 0.2) is 48.8 Å². The molecule has 0 radical (unpaired) electrons. The molecule has 1 N–H and O–H groups in total. The number of pyridine rings is 1. The van der Waals surface area contributed by atoms with E-state index in [1.54, 1.807) is 12.4 Å². The summed E-state index contributed by atoms with van der Waals surface area (Å²) in [6.07, 6.45) is 3.34. The molecule has 2 heterocycles. The van der Waals surface area contributed by atoms with Gasteiger partial charge in [-0.25, -0.2) is 4.79 Å². The van der Waals surface area contributed by atoms with Gasteiger partial charge in [0.2, 0.25) is 0 Å². The molecular weight excluding hydrogens is 276 g/mol. The summed E-state index contributed by atoms with van der Waals surface area (Å²) < 4.78 is 0. The van der Waals surface area contributed by atoms with E-state index >= 15 is 0 Å². The number of nitrogens with zero attached hydrogens (tertiary/aromatic N) is 3. The third-order valence-corrected chi connectivity index (χ3v) is 3.99. The molecule has 0 aliphatic carbocycles. The Morgan fingerprint density at radius 2 is 2.09 bits per heavy atom.